The van der Waals surface area contributed by atoms with Crippen LogP contribution in [0.25, 0.3) is 0 Å². The van der Waals surface area contributed by atoms with Gasteiger partial charge in [-0.05, 0) is 45.6 Å². The molecule has 1 rings (SSSR count). The maximum Gasteiger partial charge on any atom is 0.185 e. The minimum absolute atomic E-state index is 0.0618. The lowest BCUT2D eigenvalue weighted by Crippen LogP contribution is -2.35. The van der Waals surface area contributed by atoms with E-state index in [-0.39, 0.29) is 12.1 Å². The molecule has 0 aliphatic heterocycles. The third-order valence-corrected chi connectivity index (χ3v) is 3.44. The fraction of sp³-hybridized carbons (Fsp3) is 0.583. The molecule has 1 aromatic heterocycles. The summed E-state index contributed by atoms with van der Waals surface area (Å²) < 4.78 is 7.98. The predicted octanol–water partition coefficient (Wildman–Crippen LogP) is 3.10. The van der Waals surface area contributed by atoms with Crippen molar-refractivity contribution >= 4 is 8.32 Å². The molecule has 3 nitrogen and oxygen atoms in total. The first-order valence-electron chi connectivity index (χ1n) is 5.56. The third kappa shape index (κ3) is 3.22. The van der Waals surface area contributed by atoms with Crippen LogP contribution in [-0.4, -0.2) is 19.0 Å². The van der Waals surface area contributed by atoms with Crippen LogP contribution in [0.4, 0.5) is 0 Å². The Hall–Kier alpha value is -1.05. The molecule has 1 heterocycles. The van der Waals surface area contributed by atoms with Crippen molar-refractivity contribution in [1.29, 1.82) is 5.26 Å². The van der Waals surface area contributed by atoms with Gasteiger partial charge >= 0.3 is 0 Å². The van der Waals surface area contributed by atoms with Crippen molar-refractivity contribution in [1.82, 2.24) is 4.57 Å². The molecule has 0 saturated carbocycles. The van der Waals surface area contributed by atoms with E-state index in [4.69, 9.17) is 4.43 Å². The molecule has 0 aliphatic carbocycles. The van der Waals surface area contributed by atoms with Crippen LogP contribution in [0.5, 0.6) is 0 Å². The summed E-state index contributed by atoms with van der Waals surface area (Å²) in [5, 5.41) is 9.18. The van der Waals surface area contributed by atoms with Crippen molar-refractivity contribution in [2.45, 2.75) is 45.6 Å². The molecule has 0 saturated heterocycles. The summed E-state index contributed by atoms with van der Waals surface area (Å²) in [4.78, 5) is 0. The first kappa shape index (κ1) is 13.0. The van der Waals surface area contributed by atoms with Gasteiger partial charge in [-0.1, -0.05) is 0 Å². The molecule has 88 valence electrons. The van der Waals surface area contributed by atoms with Crippen LogP contribution < -0.4 is 0 Å². The Morgan fingerprint density at radius 3 is 2.44 bits per heavy atom. The summed E-state index contributed by atoms with van der Waals surface area (Å²) in [6.07, 6.45) is 1.63. The Morgan fingerprint density at radius 1 is 1.44 bits per heavy atom. The summed E-state index contributed by atoms with van der Waals surface area (Å²) in [6.45, 7) is 10.4. The van der Waals surface area contributed by atoms with E-state index < -0.39 is 8.32 Å². The van der Waals surface area contributed by atoms with E-state index in [9.17, 15) is 5.26 Å². The van der Waals surface area contributed by atoms with Crippen molar-refractivity contribution in [2.75, 3.05) is 0 Å². The third-order valence-electron chi connectivity index (χ3n) is 2.48. The highest BCUT2D eigenvalue weighted by Crippen LogP contribution is 2.20. The van der Waals surface area contributed by atoms with E-state index in [1.165, 1.54) is 0 Å². The largest absolute Gasteiger partial charge is 0.401 e. The Labute approximate surface area is 98.8 Å². The number of rotatable bonds is 4. The quantitative estimate of drug-likeness (QED) is 0.753. The van der Waals surface area contributed by atoms with E-state index in [0.717, 1.165) is 5.69 Å². The smallest absolute Gasteiger partial charge is 0.185 e. The van der Waals surface area contributed by atoms with Crippen LogP contribution in [0.2, 0.25) is 19.6 Å². The standard InChI is InChI=1S/C12H20N2OSi/c1-10-7-6-8-14(10)11(2)12(9-13)15-16(3,4)5/h6-8,11-12H,1-5H3. The van der Waals surface area contributed by atoms with Gasteiger partial charge in [0.25, 0.3) is 0 Å². The maximum atomic E-state index is 9.18. The monoisotopic (exact) mass is 236 g/mol. The van der Waals surface area contributed by atoms with Crippen LogP contribution in [0.1, 0.15) is 18.7 Å². The van der Waals surface area contributed by atoms with Crippen molar-refractivity contribution in [3.05, 3.63) is 24.0 Å². The molecule has 0 radical (unpaired) electrons. The molecule has 0 fully saturated rings. The molecular formula is C12H20N2OSi. The van der Waals surface area contributed by atoms with Gasteiger partial charge in [0.2, 0.25) is 0 Å². The van der Waals surface area contributed by atoms with Gasteiger partial charge in [0.05, 0.1) is 12.1 Å². The maximum absolute atomic E-state index is 9.18. The van der Waals surface area contributed by atoms with Gasteiger partial charge in [-0.15, -0.1) is 0 Å². The second-order valence-corrected chi connectivity index (χ2v) is 9.54. The van der Waals surface area contributed by atoms with E-state index in [2.05, 4.69) is 30.3 Å². The molecule has 16 heavy (non-hydrogen) atoms. The average molecular weight is 236 g/mol. The fourth-order valence-corrected chi connectivity index (χ4v) is 2.71. The van der Waals surface area contributed by atoms with E-state index >= 15 is 0 Å². The van der Waals surface area contributed by atoms with Crippen molar-refractivity contribution in [3.63, 3.8) is 0 Å². The highest BCUT2D eigenvalue weighted by atomic mass is 28.4. The number of hydrogen-bond acceptors (Lipinski definition) is 2. The van der Waals surface area contributed by atoms with Gasteiger partial charge in [0.1, 0.15) is 0 Å². The molecule has 0 aliphatic rings. The van der Waals surface area contributed by atoms with Crippen LogP contribution >= 0.6 is 0 Å². The molecule has 0 bridgehead atoms. The molecule has 2 unspecified atom stereocenters. The van der Waals surface area contributed by atoms with Crippen molar-refractivity contribution in [3.8, 4) is 6.07 Å². The molecular weight excluding hydrogens is 216 g/mol. The zero-order valence-electron chi connectivity index (χ0n) is 10.7. The van der Waals surface area contributed by atoms with Gasteiger partial charge in [-0.25, -0.2) is 0 Å². The minimum Gasteiger partial charge on any atom is -0.401 e. The van der Waals surface area contributed by atoms with E-state index in [0.29, 0.717) is 0 Å². The summed E-state index contributed by atoms with van der Waals surface area (Å²) >= 11 is 0. The Morgan fingerprint density at radius 2 is 2.06 bits per heavy atom. The number of aromatic nitrogens is 1. The second kappa shape index (κ2) is 4.85. The van der Waals surface area contributed by atoms with Crippen LogP contribution in [0.3, 0.4) is 0 Å². The lowest BCUT2D eigenvalue weighted by Gasteiger charge is -2.27. The van der Waals surface area contributed by atoms with Gasteiger partial charge < -0.3 is 8.99 Å². The number of hydrogen-bond donors (Lipinski definition) is 0. The molecule has 0 aromatic carbocycles. The molecule has 0 spiro atoms. The molecule has 0 N–H and O–H groups in total. The first-order chi connectivity index (χ1) is 7.35. The highest BCUT2D eigenvalue weighted by molar-refractivity contribution is 6.69. The Kier molecular flexibility index (Phi) is 3.95. The molecule has 1 aromatic rings. The molecule has 2 atom stereocenters. The topological polar surface area (TPSA) is 38.0 Å². The van der Waals surface area contributed by atoms with Gasteiger partial charge in [-0.3, -0.25) is 0 Å². The summed E-state index contributed by atoms with van der Waals surface area (Å²) in [5.74, 6) is 0. The van der Waals surface area contributed by atoms with Crippen LogP contribution in [0.15, 0.2) is 18.3 Å². The lowest BCUT2D eigenvalue weighted by molar-refractivity contribution is 0.189. The van der Waals surface area contributed by atoms with E-state index in [1.54, 1.807) is 0 Å². The Bertz CT molecular complexity index is 386. The molecule has 0 amide bonds. The average Bonchev–Trinajstić information content (AvgIpc) is 2.58. The minimum atomic E-state index is -1.67. The van der Waals surface area contributed by atoms with Gasteiger partial charge in [-0.2, -0.15) is 5.26 Å². The number of nitriles is 1. The Balaban J connectivity index is 2.83. The van der Waals surface area contributed by atoms with Crippen molar-refractivity contribution < 1.29 is 4.43 Å². The predicted molar refractivity (Wildman–Crippen MR) is 67.7 cm³/mol. The van der Waals surface area contributed by atoms with Crippen LogP contribution in [-0.2, 0) is 4.43 Å². The fourth-order valence-electron chi connectivity index (χ4n) is 1.70. The van der Waals surface area contributed by atoms with Crippen LogP contribution in [0, 0.1) is 18.3 Å². The lowest BCUT2D eigenvalue weighted by atomic mass is 10.2. The van der Waals surface area contributed by atoms with Gasteiger partial charge in [0.15, 0.2) is 14.4 Å². The highest BCUT2D eigenvalue weighted by Gasteiger charge is 2.26. The summed E-state index contributed by atoms with van der Waals surface area (Å²) in [5.41, 5.74) is 1.16. The van der Waals surface area contributed by atoms with E-state index in [1.807, 2.05) is 32.2 Å². The first-order valence-corrected chi connectivity index (χ1v) is 8.97. The zero-order chi connectivity index (χ0) is 12.3. The zero-order valence-corrected chi connectivity index (χ0v) is 11.7. The van der Waals surface area contributed by atoms with Crippen molar-refractivity contribution in [2.24, 2.45) is 0 Å². The van der Waals surface area contributed by atoms with Gasteiger partial charge in [0, 0.05) is 11.9 Å². The summed E-state index contributed by atoms with van der Waals surface area (Å²) in [7, 11) is -1.67. The SMILES string of the molecule is Cc1cccn1C(C)C(C#N)O[Si](C)(C)C. The summed E-state index contributed by atoms with van der Waals surface area (Å²) in [6, 6.07) is 6.36. The second-order valence-electron chi connectivity index (χ2n) is 5.08. The molecule has 4 heteroatoms. The number of nitrogens with zero attached hydrogens (tertiary/aromatic N) is 2. The normalized spacial score (nSPS) is 15.5. The number of aryl methyl sites for hydroxylation is 1.